The highest BCUT2D eigenvalue weighted by Crippen LogP contribution is 2.26. The third-order valence-corrected chi connectivity index (χ3v) is 7.15. The highest BCUT2D eigenvalue weighted by molar-refractivity contribution is 6.31. The van der Waals surface area contributed by atoms with Gasteiger partial charge >= 0.3 is 0 Å². The van der Waals surface area contributed by atoms with Crippen LogP contribution in [0.3, 0.4) is 0 Å². The molecule has 3 heterocycles. The van der Waals surface area contributed by atoms with Crippen LogP contribution in [0.25, 0.3) is 21.8 Å². The summed E-state index contributed by atoms with van der Waals surface area (Å²) in [6, 6.07) is 22.4. The number of nitrogens with zero attached hydrogens (tertiary/aromatic N) is 6. The average Bonchev–Trinajstić information content (AvgIpc) is 3.33. The van der Waals surface area contributed by atoms with Crippen LogP contribution < -0.4 is 9.64 Å². The first kappa shape index (κ1) is 22.8. The number of hydrogen-bond donors (Lipinski definition) is 0. The molecule has 0 bridgehead atoms. The molecule has 1 saturated heterocycles. The van der Waals surface area contributed by atoms with E-state index >= 15 is 0 Å². The zero-order valence-corrected chi connectivity index (χ0v) is 20.7. The molecule has 0 radical (unpaired) electrons. The van der Waals surface area contributed by atoms with Crippen LogP contribution in [0.2, 0.25) is 5.02 Å². The van der Waals surface area contributed by atoms with Crippen molar-refractivity contribution >= 4 is 39.2 Å². The summed E-state index contributed by atoms with van der Waals surface area (Å²) in [4.78, 5) is 13.9. The molecule has 36 heavy (non-hydrogen) atoms. The van der Waals surface area contributed by atoms with E-state index in [9.17, 15) is 0 Å². The predicted octanol–water partition coefficient (Wildman–Crippen LogP) is 4.88. The van der Waals surface area contributed by atoms with Crippen molar-refractivity contribution in [2.24, 2.45) is 0 Å². The van der Waals surface area contributed by atoms with Crippen molar-refractivity contribution in [1.82, 2.24) is 24.6 Å². The molecule has 0 saturated carbocycles. The molecule has 7 nitrogen and oxygen atoms in total. The molecule has 2 aromatic heterocycles. The Balaban J connectivity index is 1.08. The van der Waals surface area contributed by atoms with Crippen LogP contribution in [0.4, 0.5) is 5.82 Å². The number of benzene rings is 3. The van der Waals surface area contributed by atoms with Crippen molar-refractivity contribution in [3.05, 3.63) is 89.8 Å². The maximum Gasteiger partial charge on any atom is 0.163 e. The quantitative estimate of drug-likeness (QED) is 0.318. The molecule has 8 heteroatoms. The standard InChI is InChI=1S/C28H27ClN6O/c29-25-10-4-2-7-22(25)19-35-28-24(18-32-35)27(30-20-31-28)34-14-12-33(13-15-34)16-17-36-26-11-5-8-21-6-1-3-9-23(21)26/h1-11,18,20H,12-17,19H2. The first-order valence-corrected chi connectivity index (χ1v) is 12.6. The molecule has 1 aliphatic rings. The van der Waals surface area contributed by atoms with Crippen molar-refractivity contribution in [1.29, 1.82) is 0 Å². The highest BCUT2D eigenvalue weighted by atomic mass is 35.5. The van der Waals surface area contributed by atoms with Crippen LogP contribution in [-0.2, 0) is 6.54 Å². The molecule has 1 aliphatic heterocycles. The molecule has 6 rings (SSSR count). The van der Waals surface area contributed by atoms with E-state index in [4.69, 9.17) is 16.3 Å². The second kappa shape index (κ2) is 10.1. The molecule has 0 atom stereocenters. The topological polar surface area (TPSA) is 59.3 Å². The Morgan fingerprint density at radius 1 is 0.833 bits per heavy atom. The fourth-order valence-corrected chi connectivity index (χ4v) is 5.02. The molecule has 0 amide bonds. The number of piperazine rings is 1. The summed E-state index contributed by atoms with van der Waals surface area (Å²) in [6.07, 6.45) is 3.50. The second-order valence-corrected chi connectivity index (χ2v) is 9.39. The molecular weight excluding hydrogens is 472 g/mol. The minimum Gasteiger partial charge on any atom is -0.492 e. The number of rotatable bonds is 7. The largest absolute Gasteiger partial charge is 0.492 e. The minimum atomic E-state index is 0.574. The van der Waals surface area contributed by atoms with Gasteiger partial charge in [-0.05, 0) is 23.1 Å². The van der Waals surface area contributed by atoms with E-state index in [0.29, 0.717) is 13.2 Å². The van der Waals surface area contributed by atoms with Gasteiger partial charge in [0.25, 0.3) is 0 Å². The van der Waals surface area contributed by atoms with E-state index in [-0.39, 0.29) is 0 Å². The summed E-state index contributed by atoms with van der Waals surface area (Å²) in [7, 11) is 0. The van der Waals surface area contributed by atoms with Gasteiger partial charge in [0.1, 0.15) is 24.5 Å². The Labute approximate surface area is 214 Å². The number of fused-ring (bicyclic) bond motifs is 2. The molecule has 5 aromatic rings. The zero-order valence-electron chi connectivity index (χ0n) is 19.9. The summed E-state index contributed by atoms with van der Waals surface area (Å²) in [6.45, 7) is 5.85. The number of anilines is 1. The van der Waals surface area contributed by atoms with E-state index in [0.717, 1.165) is 71.3 Å². The van der Waals surface area contributed by atoms with Crippen LogP contribution in [-0.4, -0.2) is 64.0 Å². The van der Waals surface area contributed by atoms with Gasteiger partial charge in [-0.3, -0.25) is 4.90 Å². The molecule has 0 aliphatic carbocycles. The van der Waals surface area contributed by atoms with Gasteiger partial charge in [-0.1, -0.05) is 66.2 Å². The van der Waals surface area contributed by atoms with Gasteiger partial charge in [0.15, 0.2) is 5.65 Å². The number of aromatic nitrogens is 4. The van der Waals surface area contributed by atoms with E-state index in [1.54, 1.807) is 6.33 Å². The van der Waals surface area contributed by atoms with Crippen LogP contribution in [0.1, 0.15) is 5.56 Å². The van der Waals surface area contributed by atoms with Gasteiger partial charge in [-0.15, -0.1) is 0 Å². The first-order valence-electron chi connectivity index (χ1n) is 12.2. The maximum atomic E-state index is 6.36. The fraction of sp³-hybridized carbons (Fsp3) is 0.250. The maximum absolute atomic E-state index is 6.36. The summed E-state index contributed by atoms with van der Waals surface area (Å²) in [5.74, 6) is 1.89. The van der Waals surface area contributed by atoms with Crippen molar-refractivity contribution in [3.63, 3.8) is 0 Å². The number of hydrogen-bond acceptors (Lipinski definition) is 6. The third kappa shape index (κ3) is 4.59. The van der Waals surface area contributed by atoms with Crippen LogP contribution in [0.15, 0.2) is 79.3 Å². The summed E-state index contributed by atoms with van der Waals surface area (Å²) >= 11 is 6.36. The van der Waals surface area contributed by atoms with E-state index in [1.165, 1.54) is 5.39 Å². The molecule has 0 spiro atoms. The fourth-order valence-electron chi connectivity index (χ4n) is 4.83. The van der Waals surface area contributed by atoms with Crippen LogP contribution in [0, 0.1) is 0 Å². The van der Waals surface area contributed by atoms with Gasteiger partial charge in [0.2, 0.25) is 0 Å². The Bertz CT molecular complexity index is 1490. The molecule has 182 valence electrons. The van der Waals surface area contributed by atoms with Crippen LogP contribution >= 0.6 is 11.6 Å². The van der Waals surface area contributed by atoms with E-state index in [2.05, 4.69) is 61.3 Å². The average molecular weight is 499 g/mol. The second-order valence-electron chi connectivity index (χ2n) is 8.98. The van der Waals surface area contributed by atoms with Crippen LogP contribution in [0.5, 0.6) is 5.75 Å². The Morgan fingerprint density at radius 3 is 2.53 bits per heavy atom. The monoisotopic (exact) mass is 498 g/mol. The Morgan fingerprint density at radius 2 is 1.64 bits per heavy atom. The lowest BCUT2D eigenvalue weighted by atomic mass is 10.1. The van der Waals surface area contributed by atoms with Gasteiger partial charge in [0, 0.05) is 43.1 Å². The van der Waals surface area contributed by atoms with Crippen molar-refractivity contribution < 1.29 is 4.74 Å². The predicted molar refractivity (Wildman–Crippen MR) is 144 cm³/mol. The minimum absolute atomic E-state index is 0.574. The number of halogens is 1. The normalized spacial score (nSPS) is 14.5. The zero-order chi connectivity index (χ0) is 24.3. The van der Waals surface area contributed by atoms with Crippen molar-refractivity contribution in [2.75, 3.05) is 44.2 Å². The summed E-state index contributed by atoms with van der Waals surface area (Å²) in [5.41, 5.74) is 1.84. The molecule has 3 aromatic carbocycles. The van der Waals surface area contributed by atoms with Crippen molar-refractivity contribution in [3.8, 4) is 5.75 Å². The van der Waals surface area contributed by atoms with Gasteiger partial charge < -0.3 is 9.64 Å². The highest BCUT2D eigenvalue weighted by Gasteiger charge is 2.21. The van der Waals surface area contributed by atoms with E-state index in [1.807, 2.05) is 41.2 Å². The summed E-state index contributed by atoms with van der Waals surface area (Å²) < 4.78 is 8.05. The van der Waals surface area contributed by atoms with Gasteiger partial charge in [0.05, 0.1) is 18.1 Å². The first-order chi connectivity index (χ1) is 17.8. The molecule has 0 N–H and O–H groups in total. The molecule has 0 unspecified atom stereocenters. The summed E-state index contributed by atoms with van der Waals surface area (Å²) in [5, 5.41) is 8.66. The molecule has 1 fully saturated rings. The van der Waals surface area contributed by atoms with Gasteiger partial charge in [-0.2, -0.15) is 5.10 Å². The third-order valence-electron chi connectivity index (χ3n) is 6.78. The molecular formula is C28H27ClN6O. The lowest BCUT2D eigenvalue weighted by Crippen LogP contribution is -2.47. The van der Waals surface area contributed by atoms with E-state index < -0.39 is 0 Å². The SMILES string of the molecule is Clc1ccccc1Cn1ncc2c(N3CCN(CCOc4cccc5ccccc45)CC3)ncnc21. The lowest BCUT2D eigenvalue weighted by molar-refractivity contribution is 0.201. The number of ether oxygens (including phenoxy) is 1. The lowest BCUT2D eigenvalue weighted by Gasteiger charge is -2.35. The smallest absolute Gasteiger partial charge is 0.163 e. The van der Waals surface area contributed by atoms with Gasteiger partial charge in [-0.25, -0.2) is 14.6 Å². The van der Waals surface area contributed by atoms with Crippen molar-refractivity contribution in [2.45, 2.75) is 6.54 Å². The Hall–Kier alpha value is -3.68. The Kier molecular flexibility index (Phi) is 6.40.